The summed E-state index contributed by atoms with van der Waals surface area (Å²) in [6.45, 7) is 1.97. The molecule has 1 aromatic heterocycles. The maximum absolute atomic E-state index is 13.6. The van der Waals surface area contributed by atoms with Crippen molar-refractivity contribution in [2.45, 2.75) is 19.4 Å². The SMILES string of the molecule is Cc1ccnc(C(N)Cc2cc(Cl)ccc2F)c1. The number of pyridine rings is 1. The molecule has 0 radical (unpaired) electrons. The summed E-state index contributed by atoms with van der Waals surface area (Å²) in [5, 5.41) is 0.510. The summed E-state index contributed by atoms with van der Waals surface area (Å²) < 4.78 is 13.6. The number of hydrogen-bond donors (Lipinski definition) is 1. The molecule has 2 rings (SSSR count). The van der Waals surface area contributed by atoms with E-state index >= 15 is 0 Å². The molecule has 2 N–H and O–H groups in total. The molecule has 2 nitrogen and oxygen atoms in total. The zero-order valence-corrected chi connectivity index (χ0v) is 10.8. The van der Waals surface area contributed by atoms with Gasteiger partial charge in [-0.25, -0.2) is 4.39 Å². The van der Waals surface area contributed by atoms with E-state index in [9.17, 15) is 4.39 Å². The Kier molecular flexibility index (Phi) is 3.94. The van der Waals surface area contributed by atoms with Crippen molar-refractivity contribution in [3.8, 4) is 0 Å². The maximum atomic E-state index is 13.6. The first-order valence-electron chi connectivity index (χ1n) is 5.68. The van der Waals surface area contributed by atoms with Gasteiger partial charge in [0.2, 0.25) is 0 Å². The Balaban J connectivity index is 2.21. The summed E-state index contributed by atoms with van der Waals surface area (Å²) in [6.07, 6.45) is 2.09. The van der Waals surface area contributed by atoms with Crippen molar-refractivity contribution in [3.05, 3.63) is 64.2 Å². The van der Waals surface area contributed by atoms with Gasteiger partial charge in [0.1, 0.15) is 5.82 Å². The molecule has 2 aromatic rings. The molecular weight excluding hydrogens is 251 g/mol. The van der Waals surface area contributed by atoms with Crippen LogP contribution in [-0.2, 0) is 6.42 Å². The van der Waals surface area contributed by atoms with E-state index in [1.165, 1.54) is 12.1 Å². The average Bonchev–Trinajstić information content (AvgIpc) is 2.34. The highest BCUT2D eigenvalue weighted by Gasteiger charge is 2.12. The number of rotatable bonds is 3. The highest BCUT2D eigenvalue weighted by atomic mass is 35.5. The van der Waals surface area contributed by atoms with Gasteiger partial charge in [0.05, 0.1) is 11.7 Å². The van der Waals surface area contributed by atoms with E-state index in [0.29, 0.717) is 17.0 Å². The van der Waals surface area contributed by atoms with Crippen LogP contribution in [0.1, 0.15) is 22.9 Å². The number of benzene rings is 1. The fraction of sp³-hybridized carbons (Fsp3) is 0.214. The lowest BCUT2D eigenvalue weighted by molar-refractivity contribution is 0.590. The minimum Gasteiger partial charge on any atom is -0.322 e. The molecule has 0 aliphatic rings. The highest BCUT2D eigenvalue weighted by molar-refractivity contribution is 6.30. The average molecular weight is 265 g/mol. The van der Waals surface area contributed by atoms with E-state index in [1.54, 1.807) is 12.3 Å². The van der Waals surface area contributed by atoms with Crippen LogP contribution in [0.3, 0.4) is 0 Å². The van der Waals surface area contributed by atoms with Gasteiger partial charge in [-0.3, -0.25) is 4.98 Å². The lowest BCUT2D eigenvalue weighted by atomic mass is 10.0. The molecule has 0 saturated heterocycles. The topological polar surface area (TPSA) is 38.9 Å². The van der Waals surface area contributed by atoms with E-state index in [4.69, 9.17) is 17.3 Å². The maximum Gasteiger partial charge on any atom is 0.126 e. The summed E-state index contributed by atoms with van der Waals surface area (Å²) in [4.78, 5) is 4.21. The molecule has 1 aromatic carbocycles. The molecule has 94 valence electrons. The highest BCUT2D eigenvalue weighted by Crippen LogP contribution is 2.20. The second-order valence-electron chi connectivity index (χ2n) is 4.30. The molecule has 0 amide bonds. The Morgan fingerprint density at radius 2 is 2.11 bits per heavy atom. The van der Waals surface area contributed by atoms with Crippen molar-refractivity contribution in [1.29, 1.82) is 0 Å². The largest absolute Gasteiger partial charge is 0.322 e. The monoisotopic (exact) mass is 264 g/mol. The van der Waals surface area contributed by atoms with Gasteiger partial charge >= 0.3 is 0 Å². The first-order chi connectivity index (χ1) is 8.56. The molecule has 18 heavy (non-hydrogen) atoms. The van der Waals surface area contributed by atoms with E-state index < -0.39 is 0 Å². The van der Waals surface area contributed by atoms with Crippen LogP contribution in [-0.4, -0.2) is 4.98 Å². The smallest absolute Gasteiger partial charge is 0.126 e. The Hall–Kier alpha value is -1.45. The molecule has 1 heterocycles. The number of aryl methyl sites for hydroxylation is 1. The number of halogens is 2. The van der Waals surface area contributed by atoms with Crippen LogP contribution in [0.4, 0.5) is 4.39 Å². The van der Waals surface area contributed by atoms with Crippen molar-refractivity contribution in [2.24, 2.45) is 5.73 Å². The molecule has 0 fully saturated rings. The van der Waals surface area contributed by atoms with Gasteiger partial charge in [0.15, 0.2) is 0 Å². The summed E-state index contributed by atoms with van der Waals surface area (Å²) >= 11 is 5.85. The summed E-state index contributed by atoms with van der Waals surface area (Å²) in [7, 11) is 0. The van der Waals surface area contributed by atoms with Crippen LogP contribution < -0.4 is 5.73 Å². The van der Waals surface area contributed by atoms with Gasteiger partial charge < -0.3 is 5.73 Å². The Morgan fingerprint density at radius 3 is 2.83 bits per heavy atom. The second kappa shape index (κ2) is 5.46. The summed E-state index contributed by atoms with van der Waals surface area (Å²) in [6, 6.07) is 7.96. The Bertz CT molecular complexity index is 557. The Morgan fingerprint density at radius 1 is 1.33 bits per heavy atom. The fourth-order valence-electron chi connectivity index (χ4n) is 1.80. The molecule has 0 bridgehead atoms. The zero-order valence-electron chi connectivity index (χ0n) is 10.0. The van der Waals surface area contributed by atoms with Crippen LogP contribution in [0.2, 0.25) is 5.02 Å². The van der Waals surface area contributed by atoms with Crippen molar-refractivity contribution in [1.82, 2.24) is 4.98 Å². The van der Waals surface area contributed by atoms with E-state index in [1.807, 2.05) is 19.1 Å². The fourth-order valence-corrected chi connectivity index (χ4v) is 2.00. The third-order valence-corrected chi connectivity index (χ3v) is 3.00. The van der Waals surface area contributed by atoms with Crippen molar-refractivity contribution >= 4 is 11.6 Å². The molecule has 0 aliphatic carbocycles. The molecule has 1 atom stereocenters. The predicted molar refractivity (Wildman–Crippen MR) is 71.0 cm³/mol. The van der Waals surface area contributed by atoms with Gasteiger partial charge in [-0.2, -0.15) is 0 Å². The van der Waals surface area contributed by atoms with Crippen LogP contribution in [0.15, 0.2) is 36.5 Å². The number of hydrogen-bond acceptors (Lipinski definition) is 2. The quantitative estimate of drug-likeness (QED) is 0.923. The molecule has 0 saturated carbocycles. The lowest BCUT2D eigenvalue weighted by Crippen LogP contribution is -2.15. The van der Waals surface area contributed by atoms with Gasteiger partial charge in [-0.15, -0.1) is 0 Å². The van der Waals surface area contributed by atoms with E-state index in [2.05, 4.69) is 4.98 Å². The lowest BCUT2D eigenvalue weighted by Gasteiger charge is -2.12. The van der Waals surface area contributed by atoms with Gasteiger partial charge in [0.25, 0.3) is 0 Å². The molecule has 0 aliphatic heterocycles. The third-order valence-electron chi connectivity index (χ3n) is 2.76. The number of aromatic nitrogens is 1. The van der Waals surface area contributed by atoms with Crippen molar-refractivity contribution in [2.75, 3.05) is 0 Å². The minimum absolute atomic E-state index is 0.289. The van der Waals surface area contributed by atoms with E-state index in [-0.39, 0.29) is 11.9 Å². The molecule has 4 heteroatoms. The van der Waals surface area contributed by atoms with Crippen LogP contribution in [0.5, 0.6) is 0 Å². The molecule has 0 spiro atoms. The van der Waals surface area contributed by atoms with Gasteiger partial charge in [-0.1, -0.05) is 11.6 Å². The van der Waals surface area contributed by atoms with Crippen LogP contribution in [0, 0.1) is 12.7 Å². The standard InChI is InChI=1S/C14H14ClFN2/c1-9-4-5-18-14(6-9)13(17)8-10-7-11(15)2-3-12(10)16/h2-7,13H,8,17H2,1H3. The van der Waals surface area contributed by atoms with E-state index in [0.717, 1.165) is 11.3 Å². The third kappa shape index (κ3) is 3.06. The normalized spacial score (nSPS) is 12.4. The van der Waals surface area contributed by atoms with Crippen LogP contribution >= 0.6 is 11.6 Å². The molecule has 1 unspecified atom stereocenters. The Labute approximate surface area is 111 Å². The molecular formula is C14H14ClFN2. The first kappa shape index (κ1) is 13.0. The zero-order chi connectivity index (χ0) is 13.1. The predicted octanol–water partition coefficient (Wildman–Crippen LogP) is 3.43. The minimum atomic E-state index is -0.335. The number of nitrogens with two attached hydrogens (primary N) is 1. The summed E-state index contributed by atoms with van der Waals surface area (Å²) in [5.41, 5.74) is 8.40. The first-order valence-corrected chi connectivity index (χ1v) is 6.06. The van der Waals surface area contributed by atoms with Gasteiger partial charge in [0, 0.05) is 11.2 Å². The van der Waals surface area contributed by atoms with Crippen molar-refractivity contribution in [3.63, 3.8) is 0 Å². The summed E-state index contributed by atoms with van der Waals surface area (Å²) in [5.74, 6) is -0.289. The van der Waals surface area contributed by atoms with Crippen LogP contribution in [0.25, 0.3) is 0 Å². The van der Waals surface area contributed by atoms with Crippen molar-refractivity contribution < 1.29 is 4.39 Å². The van der Waals surface area contributed by atoms with Gasteiger partial charge in [-0.05, 0) is 54.8 Å². The second-order valence-corrected chi connectivity index (χ2v) is 4.74. The number of nitrogens with zero attached hydrogens (tertiary/aromatic N) is 1.